The summed E-state index contributed by atoms with van der Waals surface area (Å²) in [5, 5.41) is 9.13. The number of amides is 1. The Bertz CT molecular complexity index is 404. The van der Waals surface area contributed by atoms with E-state index in [1.807, 2.05) is 4.90 Å². The van der Waals surface area contributed by atoms with Crippen LogP contribution < -0.4 is 0 Å². The van der Waals surface area contributed by atoms with Crippen molar-refractivity contribution in [3.63, 3.8) is 0 Å². The van der Waals surface area contributed by atoms with E-state index in [0.29, 0.717) is 5.91 Å². The van der Waals surface area contributed by atoms with Crippen molar-refractivity contribution in [2.24, 2.45) is 17.3 Å². The molecule has 1 aliphatic heterocycles. The first-order valence-electron chi connectivity index (χ1n) is 8.64. The van der Waals surface area contributed by atoms with Gasteiger partial charge in [-0.1, -0.05) is 32.1 Å². The van der Waals surface area contributed by atoms with Crippen LogP contribution in [0.2, 0.25) is 0 Å². The van der Waals surface area contributed by atoms with Crippen molar-refractivity contribution in [2.75, 3.05) is 13.1 Å². The zero-order chi connectivity index (χ0) is 14.9. The van der Waals surface area contributed by atoms with Gasteiger partial charge in [-0.05, 0) is 37.5 Å². The summed E-state index contributed by atoms with van der Waals surface area (Å²) in [4.78, 5) is 25.8. The zero-order valence-electron chi connectivity index (χ0n) is 12.9. The fourth-order valence-electron chi connectivity index (χ4n) is 4.38. The summed E-state index contributed by atoms with van der Waals surface area (Å²) in [5.74, 6) is -0.209. The van der Waals surface area contributed by atoms with Gasteiger partial charge in [0, 0.05) is 19.0 Å². The number of carboxylic acid groups (broad SMARTS) is 1. The predicted octanol–water partition coefficient (Wildman–Crippen LogP) is 3.06. The summed E-state index contributed by atoms with van der Waals surface area (Å²) >= 11 is 0. The molecule has 1 spiro atoms. The summed E-state index contributed by atoms with van der Waals surface area (Å²) < 4.78 is 0. The van der Waals surface area contributed by atoms with Gasteiger partial charge in [0.2, 0.25) is 5.91 Å². The first-order chi connectivity index (χ1) is 10.1. The Morgan fingerprint density at radius 1 is 0.952 bits per heavy atom. The number of hydrogen-bond donors (Lipinski definition) is 1. The maximum Gasteiger partial charge on any atom is 0.307 e. The molecule has 1 saturated heterocycles. The Morgan fingerprint density at radius 2 is 1.52 bits per heavy atom. The van der Waals surface area contributed by atoms with Gasteiger partial charge in [0.25, 0.3) is 0 Å². The molecule has 0 bridgehead atoms. The highest BCUT2D eigenvalue weighted by molar-refractivity contribution is 5.79. The van der Waals surface area contributed by atoms with Crippen LogP contribution in [-0.2, 0) is 9.59 Å². The van der Waals surface area contributed by atoms with Crippen LogP contribution in [0.15, 0.2) is 0 Å². The average Bonchev–Trinajstić information content (AvgIpc) is 3.13. The minimum absolute atomic E-state index is 0.0313. The first-order valence-corrected chi connectivity index (χ1v) is 8.64. The van der Waals surface area contributed by atoms with Gasteiger partial charge in [-0.25, -0.2) is 0 Å². The number of likely N-dealkylation sites (tertiary alicyclic amines) is 1. The van der Waals surface area contributed by atoms with Crippen molar-refractivity contribution in [1.29, 1.82) is 0 Å². The second-order valence-electron chi connectivity index (χ2n) is 7.32. The second-order valence-corrected chi connectivity index (χ2v) is 7.32. The molecule has 0 aromatic carbocycles. The van der Waals surface area contributed by atoms with Gasteiger partial charge < -0.3 is 10.0 Å². The molecule has 1 heterocycles. The Balaban J connectivity index is 1.52. The molecule has 3 rings (SSSR count). The molecule has 2 saturated carbocycles. The predicted molar refractivity (Wildman–Crippen MR) is 79.8 cm³/mol. The molecule has 4 heteroatoms. The summed E-state index contributed by atoms with van der Waals surface area (Å²) in [5.41, 5.74) is 0.0313. The third-order valence-electron chi connectivity index (χ3n) is 6.01. The SMILES string of the molecule is O=C(O)C1CC12CCN(C(=O)C1CCCCCCC1)CC2. The lowest BCUT2D eigenvalue weighted by molar-refractivity contribution is -0.140. The number of carbonyl (C=O) groups is 2. The maximum absolute atomic E-state index is 12.7. The molecule has 1 unspecified atom stereocenters. The Morgan fingerprint density at radius 3 is 2.05 bits per heavy atom. The number of nitrogens with zero attached hydrogens (tertiary/aromatic N) is 1. The first kappa shape index (κ1) is 14.9. The van der Waals surface area contributed by atoms with Crippen LogP contribution in [0.25, 0.3) is 0 Å². The smallest absolute Gasteiger partial charge is 0.307 e. The van der Waals surface area contributed by atoms with Crippen molar-refractivity contribution in [3.05, 3.63) is 0 Å². The highest BCUT2D eigenvalue weighted by Crippen LogP contribution is 2.59. The maximum atomic E-state index is 12.7. The largest absolute Gasteiger partial charge is 0.481 e. The van der Waals surface area contributed by atoms with E-state index in [2.05, 4.69) is 0 Å². The molecule has 21 heavy (non-hydrogen) atoms. The van der Waals surface area contributed by atoms with E-state index in [9.17, 15) is 9.59 Å². The molecule has 4 nitrogen and oxygen atoms in total. The number of rotatable bonds is 2. The summed E-state index contributed by atoms with van der Waals surface area (Å²) in [6, 6.07) is 0. The monoisotopic (exact) mass is 293 g/mol. The third-order valence-corrected chi connectivity index (χ3v) is 6.01. The third kappa shape index (κ3) is 3.09. The summed E-state index contributed by atoms with van der Waals surface area (Å²) in [6.07, 6.45) is 11.0. The minimum Gasteiger partial charge on any atom is -0.481 e. The number of hydrogen-bond acceptors (Lipinski definition) is 2. The fourth-order valence-corrected chi connectivity index (χ4v) is 4.38. The lowest BCUT2D eigenvalue weighted by atomic mass is 9.87. The molecule has 1 amide bonds. The molecule has 1 N–H and O–H groups in total. The molecule has 3 aliphatic rings. The number of piperidine rings is 1. The molecule has 0 aromatic heterocycles. The van der Waals surface area contributed by atoms with Gasteiger partial charge in [0.1, 0.15) is 0 Å². The van der Waals surface area contributed by atoms with E-state index < -0.39 is 5.97 Å². The van der Waals surface area contributed by atoms with Crippen molar-refractivity contribution in [2.45, 2.75) is 64.2 Å². The highest BCUT2D eigenvalue weighted by atomic mass is 16.4. The Hall–Kier alpha value is -1.06. The minimum atomic E-state index is -0.644. The van der Waals surface area contributed by atoms with Gasteiger partial charge in [-0.3, -0.25) is 9.59 Å². The lowest BCUT2D eigenvalue weighted by Gasteiger charge is -2.35. The van der Waals surface area contributed by atoms with Crippen LogP contribution in [0, 0.1) is 17.3 Å². The van der Waals surface area contributed by atoms with Gasteiger partial charge >= 0.3 is 5.97 Å². The van der Waals surface area contributed by atoms with Crippen LogP contribution in [0.5, 0.6) is 0 Å². The topological polar surface area (TPSA) is 57.6 Å². The molecule has 0 radical (unpaired) electrons. The van der Waals surface area contributed by atoms with E-state index in [4.69, 9.17) is 5.11 Å². The van der Waals surface area contributed by atoms with E-state index in [-0.39, 0.29) is 17.3 Å². The Labute approximate surface area is 126 Å². The number of aliphatic carboxylic acids is 1. The molecule has 3 fully saturated rings. The van der Waals surface area contributed by atoms with E-state index in [0.717, 1.165) is 45.2 Å². The van der Waals surface area contributed by atoms with Gasteiger partial charge in [0.05, 0.1) is 5.92 Å². The van der Waals surface area contributed by atoms with Crippen LogP contribution in [0.3, 0.4) is 0 Å². The highest BCUT2D eigenvalue weighted by Gasteiger charge is 2.59. The van der Waals surface area contributed by atoms with E-state index >= 15 is 0 Å². The molecule has 2 aliphatic carbocycles. The van der Waals surface area contributed by atoms with Crippen LogP contribution >= 0.6 is 0 Å². The van der Waals surface area contributed by atoms with Crippen molar-refractivity contribution in [3.8, 4) is 0 Å². The van der Waals surface area contributed by atoms with Crippen molar-refractivity contribution in [1.82, 2.24) is 4.90 Å². The standard InChI is InChI=1S/C17H27NO3/c19-15(13-6-4-2-1-3-5-7-13)18-10-8-17(9-11-18)12-14(17)16(20)21/h13-14H,1-12H2,(H,20,21). The van der Waals surface area contributed by atoms with Crippen LogP contribution in [-0.4, -0.2) is 35.0 Å². The average molecular weight is 293 g/mol. The summed E-state index contributed by atoms with van der Waals surface area (Å²) in [6.45, 7) is 1.55. The molecular formula is C17H27NO3. The molecule has 0 aromatic rings. The fraction of sp³-hybridized carbons (Fsp3) is 0.882. The normalized spacial score (nSPS) is 29.7. The van der Waals surface area contributed by atoms with Gasteiger partial charge in [-0.15, -0.1) is 0 Å². The zero-order valence-corrected chi connectivity index (χ0v) is 12.9. The molecule has 118 valence electrons. The summed E-state index contributed by atoms with van der Waals surface area (Å²) in [7, 11) is 0. The van der Waals surface area contributed by atoms with E-state index in [1.165, 1.54) is 32.1 Å². The molecular weight excluding hydrogens is 266 g/mol. The lowest BCUT2D eigenvalue weighted by Crippen LogP contribution is -2.43. The Kier molecular flexibility index (Phi) is 4.23. The van der Waals surface area contributed by atoms with Crippen LogP contribution in [0.1, 0.15) is 64.2 Å². The van der Waals surface area contributed by atoms with Crippen molar-refractivity contribution >= 4 is 11.9 Å². The quantitative estimate of drug-likeness (QED) is 0.851. The molecule has 1 atom stereocenters. The van der Waals surface area contributed by atoms with Gasteiger partial charge in [0.15, 0.2) is 0 Å². The number of carboxylic acids is 1. The van der Waals surface area contributed by atoms with E-state index in [1.54, 1.807) is 0 Å². The number of carbonyl (C=O) groups excluding carboxylic acids is 1. The second kappa shape index (κ2) is 5.98. The van der Waals surface area contributed by atoms with Crippen LogP contribution in [0.4, 0.5) is 0 Å². The van der Waals surface area contributed by atoms with Gasteiger partial charge in [-0.2, -0.15) is 0 Å². The van der Waals surface area contributed by atoms with Crippen molar-refractivity contribution < 1.29 is 14.7 Å².